The fraction of sp³-hybridized carbons (Fsp3) is 0.0870. The van der Waals surface area contributed by atoms with E-state index in [1.807, 2.05) is 0 Å². The van der Waals surface area contributed by atoms with E-state index in [0.717, 1.165) is 0 Å². The smallest absolute Gasteiger partial charge is 0.302 e. The van der Waals surface area contributed by atoms with Crippen molar-refractivity contribution in [2.75, 3.05) is 6.61 Å². The quantitative estimate of drug-likeness (QED) is 0.387. The molecule has 3 heteroatoms. The summed E-state index contributed by atoms with van der Waals surface area (Å²) in [5, 5.41) is 4.19. The molecule has 0 radical (unpaired) electrons. The van der Waals surface area contributed by atoms with Gasteiger partial charge in [0.2, 0.25) is 0 Å². The number of ether oxygens (including phenoxy) is 1. The van der Waals surface area contributed by atoms with E-state index in [1.165, 1.54) is 28.9 Å². The third-order valence-electron chi connectivity index (χ3n) is 3.45. The van der Waals surface area contributed by atoms with Crippen LogP contribution in [0.25, 0.3) is 0 Å². The van der Waals surface area contributed by atoms with E-state index in [0.29, 0.717) is 6.61 Å². The van der Waals surface area contributed by atoms with E-state index in [1.54, 1.807) is 0 Å². The molecule has 0 aliphatic heterocycles. The summed E-state index contributed by atoms with van der Waals surface area (Å²) in [6.45, 7) is 5.03. The molecule has 0 bridgehead atoms. The van der Waals surface area contributed by atoms with E-state index in [-0.39, 0.29) is 5.97 Å². The van der Waals surface area contributed by atoms with Gasteiger partial charge in [-0.1, -0.05) is 104 Å². The Kier molecular flexibility index (Phi) is 8.32. The number of carbonyl (C=O) groups excluding carboxylic acids is 1. The summed E-state index contributed by atoms with van der Waals surface area (Å²) in [6.07, 6.45) is 1.53. The minimum atomic E-state index is -0.446. The Morgan fingerprint density at radius 1 is 0.808 bits per heavy atom. The van der Waals surface area contributed by atoms with Crippen molar-refractivity contribution in [1.82, 2.24) is 0 Å². The maximum Gasteiger partial charge on any atom is 0.302 e. The molecular formula is C23H23O2P. The van der Waals surface area contributed by atoms with Crippen LogP contribution >= 0.6 is 7.92 Å². The molecule has 0 saturated carbocycles. The topological polar surface area (TPSA) is 26.3 Å². The van der Waals surface area contributed by atoms with Crippen LogP contribution in [0.15, 0.2) is 104 Å². The molecule has 3 rings (SSSR count). The van der Waals surface area contributed by atoms with Crippen molar-refractivity contribution in [3.05, 3.63) is 104 Å². The Morgan fingerprint density at radius 2 is 1.15 bits per heavy atom. The molecule has 3 aromatic carbocycles. The van der Waals surface area contributed by atoms with Gasteiger partial charge in [-0.2, -0.15) is 0 Å². The van der Waals surface area contributed by atoms with E-state index in [2.05, 4.69) is 102 Å². The number of carbonyl (C=O) groups is 1. The Morgan fingerprint density at radius 3 is 1.38 bits per heavy atom. The average Bonchev–Trinajstić information content (AvgIpc) is 2.70. The molecule has 0 saturated heterocycles. The highest BCUT2D eigenvalue weighted by Crippen LogP contribution is 2.32. The first-order valence-electron chi connectivity index (χ1n) is 8.42. The minimum absolute atomic E-state index is 0.264. The molecule has 132 valence electrons. The second-order valence-corrected chi connectivity index (χ2v) is 7.65. The largest absolute Gasteiger partial charge is 0.462 e. The van der Waals surface area contributed by atoms with Crippen LogP contribution in [0, 0.1) is 0 Å². The van der Waals surface area contributed by atoms with Crippen LogP contribution in [-0.4, -0.2) is 12.6 Å². The lowest BCUT2D eigenvalue weighted by Crippen LogP contribution is -2.20. The van der Waals surface area contributed by atoms with Crippen molar-refractivity contribution < 1.29 is 9.53 Å². The SMILES string of the molecule is C=CCOC(C)=O.c1ccc(P(c2ccccc2)c2ccccc2)cc1. The molecule has 0 fully saturated rings. The number of rotatable bonds is 5. The first-order valence-corrected chi connectivity index (χ1v) is 9.76. The lowest BCUT2D eigenvalue weighted by atomic mass is 10.4. The predicted octanol–water partition coefficient (Wildman–Crippen LogP) is 4.18. The van der Waals surface area contributed by atoms with Gasteiger partial charge in [0, 0.05) is 6.92 Å². The molecule has 0 spiro atoms. The Balaban J connectivity index is 0.000000298. The summed E-state index contributed by atoms with van der Waals surface area (Å²) in [4.78, 5) is 9.93. The molecule has 0 unspecified atom stereocenters. The monoisotopic (exact) mass is 362 g/mol. The van der Waals surface area contributed by atoms with Crippen LogP contribution in [0.3, 0.4) is 0 Å². The molecule has 0 aromatic heterocycles. The molecule has 0 aliphatic carbocycles. The number of esters is 1. The molecule has 0 amide bonds. The van der Waals surface area contributed by atoms with Crippen molar-refractivity contribution >= 4 is 29.8 Å². The predicted molar refractivity (Wildman–Crippen MR) is 112 cm³/mol. The maximum atomic E-state index is 9.93. The lowest BCUT2D eigenvalue weighted by Gasteiger charge is -2.18. The van der Waals surface area contributed by atoms with Gasteiger partial charge in [-0.3, -0.25) is 4.79 Å². The van der Waals surface area contributed by atoms with Gasteiger partial charge in [0.1, 0.15) is 6.61 Å². The van der Waals surface area contributed by atoms with Crippen LogP contribution in [0.2, 0.25) is 0 Å². The van der Waals surface area contributed by atoms with Crippen LogP contribution in [-0.2, 0) is 9.53 Å². The molecule has 3 aromatic rings. The van der Waals surface area contributed by atoms with Gasteiger partial charge in [-0.15, -0.1) is 0 Å². The van der Waals surface area contributed by atoms with Gasteiger partial charge >= 0.3 is 5.97 Å². The van der Waals surface area contributed by atoms with E-state index >= 15 is 0 Å². The summed E-state index contributed by atoms with van der Waals surface area (Å²) in [7, 11) is -0.446. The van der Waals surface area contributed by atoms with Crippen molar-refractivity contribution in [2.45, 2.75) is 6.92 Å². The van der Waals surface area contributed by atoms with Crippen LogP contribution in [0.5, 0.6) is 0 Å². The zero-order valence-electron chi connectivity index (χ0n) is 14.9. The second-order valence-electron chi connectivity index (χ2n) is 5.43. The lowest BCUT2D eigenvalue weighted by molar-refractivity contribution is -0.139. The zero-order chi connectivity index (χ0) is 18.6. The van der Waals surface area contributed by atoms with E-state index in [4.69, 9.17) is 0 Å². The van der Waals surface area contributed by atoms with Gasteiger partial charge in [0.05, 0.1) is 0 Å². The van der Waals surface area contributed by atoms with Crippen molar-refractivity contribution in [2.24, 2.45) is 0 Å². The fourth-order valence-electron chi connectivity index (χ4n) is 2.35. The summed E-state index contributed by atoms with van der Waals surface area (Å²) in [5.74, 6) is -0.264. The van der Waals surface area contributed by atoms with E-state index in [9.17, 15) is 4.79 Å². The molecule has 2 nitrogen and oxygen atoms in total. The molecule has 0 N–H and O–H groups in total. The Bertz CT molecular complexity index is 692. The average molecular weight is 362 g/mol. The van der Waals surface area contributed by atoms with Gasteiger partial charge in [0.25, 0.3) is 0 Å². The van der Waals surface area contributed by atoms with Crippen molar-refractivity contribution in [3.63, 3.8) is 0 Å². The first kappa shape index (κ1) is 19.6. The van der Waals surface area contributed by atoms with Crippen LogP contribution in [0.1, 0.15) is 6.92 Å². The minimum Gasteiger partial charge on any atom is -0.462 e. The first-order chi connectivity index (χ1) is 12.7. The molecular weight excluding hydrogens is 339 g/mol. The molecule has 26 heavy (non-hydrogen) atoms. The molecule has 0 aliphatic rings. The van der Waals surface area contributed by atoms with Gasteiger partial charge in [-0.05, 0) is 23.8 Å². The zero-order valence-corrected chi connectivity index (χ0v) is 15.8. The van der Waals surface area contributed by atoms with Gasteiger partial charge in [0.15, 0.2) is 0 Å². The molecule has 0 atom stereocenters. The second kappa shape index (κ2) is 11.0. The van der Waals surface area contributed by atoms with Crippen LogP contribution < -0.4 is 15.9 Å². The van der Waals surface area contributed by atoms with Crippen LogP contribution in [0.4, 0.5) is 0 Å². The highest BCUT2D eigenvalue weighted by molar-refractivity contribution is 7.79. The van der Waals surface area contributed by atoms with E-state index < -0.39 is 7.92 Å². The Labute approximate surface area is 156 Å². The van der Waals surface area contributed by atoms with Gasteiger partial charge < -0.3 is 4.74 Å². The summed E-state index contributed by atoms with van der Waals surface area (Å²) in [5.41, 5.74) is 0. The summed E-state index contributed by atoms with van der Waals surface area (Å²) >= 11 is 0. The number of hydrogen-bond donors (Lipinski definition) is 0. The van der Waals surface area contributed by atoms with Crippen molar-refractivity contribution in [1.29, 1.82) is 0 Å². The fourth-order valence-corrected chi connectivity index (χ4v) is 4.66. The highest BCUT2D eigenvalue weighted by Gasteiger charge is 2.14. The summed E-state index contributed by atoms with van der Waals surface area (Å²) < 4.78 is 4.43. The number of benzene rings is 3. The highest BCUT2D eigenvalue weighted by atomic mass is 31.1. The third-order valence-corrected chi connectivity index (χ3v) is 5.89. The normalized spacial score (nSPS) is 9.77. The molecule has 0 heterocycles. The Hall–Kier alpha value is -2.70. The summed E-state index contributed by atoms with van der Waals surface area (Å²) in [6, 6.07) is 32.3. The van der Waals surface area contributed by atoms with Crippen molar-refractivity contribution in [3.8, 4) is 0 Å². The number of hydrogen-bond acceptors (Lipinski definition) is 2. The maximum absolute atomic E-state index is 9.93. The standard InChI is InChI=1S/C18H15P.C5H8O2/c1-4-10-16(11-5-1)19(17-12-6-2-7-13-17)18-14-8-3-9-15-18;1-3-4-7-5(2)6/h1-15H;3H,1,4H2,2H3. The van der Waals surface area contributed by atoms with Gasteiger partial charge in [-0.25, -0.2) is 0 Å². The third kappa shape index (κ3) is 6.31.